The molecule has 0 radical (unpaired) electrons. The zero-order valence-corrected chi connectivity index (χ0v) is 12.4. The number of nitrogens with zero attached hydrogens (tertiary/aromatic N) is 3. The zero-order valence-electron chi connectivity index (χ0n) is 10.8. The van der Waals surface area contributed by atoms with E-state index in [1.807, 2.05) is 6.07 Å². The van der Waals surface area contributed by atoms with Crippen molar-refractivity contribution in [1.29, 1.82) is 0 Å². The summed E-state index contributed by atoms with van der Waals surface area (Å²) < 4.78 is 5.38. The van der Waals surface area contributed by atoms with E-state index in [9.17, 15) is 10.1 Å². The minimum absolute atomic E-state index is 0.0677. The molecule has 106 valence electrons. The summed E-state index contributed by atoms with van der Waals surface area (Å²) in [6.07, 6.45) is 0.643. The molecule has 1 N–H and O–H groups in total. The van der Waals surface area contributed by atoms with Crippen LogP contribution in [0.15, 0.2) is 27.2 Å². The van der Waals surface area contributed by atoms with Gasteiger partial charge in [-0.1, -0.05) is 17.3 Å². The average Bonchev–Trinajstić information content (AvgIpc) is 2.82. The number of aryl methyl sites for hydroxylation is 1. The van der Waals surface area contributed by atoms with Gasteiger partial charge in [0.15, 0.2) is 5.82 Å². The molecule has 20 heavy (non-hydrogen) atoms. The Kier molecular flexibility index (Phi) is 4.80. The van der Waals surface area contributed by atoms with E-state index in [1.165, 1.54) is 6.07 Å². The zero-order chi connectivity index (χ0) is 14.5. The van der Waals surface area contributed by atoms with E-state index in [-0.39, 0.29) is 5.69 Å². The second kappa shape index (κ2) is 6.58. The third-order valence-electron chi connectivity index (χ3n) is 2.67. The minimum Gasteiger partial charge on any atom is -0.340 e. The van der Waals surface area contributed by atoms with Gasteiger partial charge in [0.05, 0.1) is 9.40 Å². The van der Waals surface area contributed by atoms with Crippen molar-refractivity contribution in [2.75, 3.05) is 6.54 Å². The Balaban J connectivity index is 1.88. The topological polar surface area (TPSA) is 94.1 Å². The first-order valence-electron chi connectivity index (χ1n) is 5.99. The lowest BCUT2D eigenvalue weighted by Crippen LogP contribution is -2.17. The van der Waals surface area contributed by atoms with Crippen molar-refractivity contribution in [3.63, 3.8) is 0 Å². The molecule has 0 aliphatic heterocycles. The Hall–Kier alpha value is -1.80. The first-order valence-corrected chi connectivity index (χ1v) is 6.79. The molecule has 8 heteroatoms. The maximum absolute atomic E-state index is 10.8. The highest BCUT2D eigenvalue weighted by Crippen LogP contribution is 2.27. The maximum Gasteiger partial charge on any atom is 0.283 e. The Morgan fingerprint density at radius 3 is 2.95 bits per heavy atom. The summed E-state index contributed by atoms with van der Waals surface area (Å²) in [5.41, 5.74) is 0.904. The van der Waals surface area contributed by atoms with Crippen LogP contribution in [0.25, 0.3) is 0 Å². The molecular weight excluding hydrogens is 328 g/mol. The molecule has 1 aromatic heterocycles. The van der Waals surface area contributed by atoms with Crippen molar-refractivity contribution < 1.29 is 9.45 Å². The van der Waals surface area contributed by atoms with E-state index in [0.29, 0.717) is 35.7 Å². The average molecular weight is 341 g/mol. The molecule has 0 saturated heterocycles. The van der Waals surface area contributed by atoms with E-state index < -0.39 is 4.92 Å². The predicted molar refractivity (Wildman–Crippen MR) is 75.2 cm³/mol. The summed E-state index contributed by atoms with van der Waals surface area (Å²) in [7, 11) is 0. The molecule has 0 bridgehead atoms. The van der Waals surface area contributed by atoms with Crippen molar-refractivity contribution in [3.8, 4) is 0 Å². The fourth-order valence-electron chi connectivity index (χ4n) is 1.71. The van der Waals surface area contributed by atoms with Crippen LogP contribution in [-0.4, -0.2) is 21.6 Å². The molecule has 1 heterocycles. The molecule has 1 aromatic carbocycles. The Labute approximate surface area is 123 Å². The van der Waals surface area contributed by atoms with Gasteiger partial charge in [-0.2, -0.15) is 4.98 Å². The fraction of sp³-hybridized carbons (Fsp3) is 0.333. The Morgan fingerprint density at radius 2 is 2.30 bits per heavy atom. The monoisotopic (exact) mass is 340 g/mol. The van der Waals surface area contributed by atoms with Gasteiger partial charge in [0, 0.05) is 32.5 Å². The van der Waals surface area contributed by atoms with Crippen molar-refractivity contribution in [3.05, 3.63) is 50.1 Å². The molecule has 2 aromatic rings. The molecule has 0 atom stereocenters. The van der Waals surface area contributed by atoms with Crippen LogP contribution in [0.1, 0.15) is 17.3 Å². The van der Waals surface area contributed by atoms with E-state index in [4.69, 9.17) is 4.52 Å². The number of nitro benzene ring substituents is 1. The van der Waals surface area contributed by atoms with Gasteiger partial charge in [0.2, 0.25) is 5.89 Å². The van der Waals surface area contributed by atoms with Gasteiger partial charge in [-0.25, -0.2) is 0 Å². The van der Waals surface area contributed by atoms with Crippen molar-refractivity contribution >= 4 is 21.6 Å². The third-order valence-corrected chi connectivity index (χ3v) is 3.58. The predicted octanol–water partition coefficient (Wildman–Crippen LogP) is 2.38. The molecule has 0 saturated carbocycles. The van der Waals surface area contributed by atoms with Gasteiger partial charge in [0.25, 0.3) is 5.69 Å². The number of rotatable bonds is 6. The van der Waals surface area contributed by atoms with Crippen LogP contribution in [0.2, 0.25) is 0 Å². The lowest BCUT2D eigenvalue weighted by atomic mass is 10.2. The highest BCUT2D eigenvalue weighted by Gasteiger charge is 2.14. The molecule has 0 fully saturated rings. The SMILES string of the molecule is Cc1nc(CCNCc2cccc([N+](=O)[O-])c2Br)no1. The molecule has 0 spiro atoms. The molecule has 0 unspecified atom stereocenters. The number of hydrogen-bond donors (Lipinski definition) is 1. The largest absolute Gasteiger partial charge is 0.340 e. The lowest BCUT2D eigenvalue weighted by molar-refractivity contribution is -0.385. The summed E-state index contributed by atoms with van der Waals surface area (Å²) in [6.45, 7) is 2.93. The quantitative estimate of drug-likeness (QED) is 0.492. The van der Waals surface area contributed by atoms with Crippen molar-refractivity contribution in [2.24, 2.45) is 0 Å². The second-order valence-corrected chi connectivity index (χ2v) is 4.96. The number of hydrogen-bond acceptors (Lipinski definition) is 6. The highest BCUT2D eigenvalue weighted by atomic mass is 79.9. The van der Waals surface area contributed by atoms with Crippen LogP contribution in [-0.2, 0) is 13.0 Å². The summed E-state index contributed by atoms with van der Waals surface area (Å²) in [5.74, 6) is 1.19. The van der Waals surface area contributed by atoms with Crippen LogP contribution in [0, 0.1) is 17.0 Å². The number of benzene rings is 1. The lowest BCUT2D eigenvalue weighted by Gasteiger charge is -2.06. The van der Waals surface area contributed by atoms with Gasteiger partial charge in [0.1, 0.15) is 0 Å². The summed E-state index contributed by atoms with van der Waals surface area (Å²) in [6, 6.07) is 4.97. The smallest absolute Gasteiger partial charge is 0.283 e. The first-order chi connectivity index (χ1) is 9.58. The molecule has 7 nitrogen and oxygen atoms in total. The first kappa shape index (κ1) is 14.6. The fourth-order valence-corrected chi connectivity index (χ4v) is 2.26. The van der Waals surface area contributed by atoms with Gasteiger partial charge in [-0.05, 0) is 21.5 Å². The Bertz CT molecular complexity index is 614. The summed E-state index contributed by atoms with van der Waals surface area (Å²) >= 11 is 3.26. The molecule has 0 amide bonds. The molecule has 2 rings (SSSR count). The summed E-state index contributed by atoms with van der Waals surface area (Å²) in [4.78, 5) is 14.5. The molecular formula is C12H13BrN4O3. The Morgan fingerprint density at radius 1 is 1.50 bits per heavy atom. The molecule has 0 aliphatic rings. The van der Waals surface area contributed by atoms with Gasteiger partial charge < -0.3 is 9.84 Å². The van der Waals surface area contributed by atoms with Gasteiger partial charge in [-0.15, -0.1) is 0 Å². The van der Waals surface area contributed by atoms with Gasteiger partial charge >= 0.3 is 0 Å². The van der Waals surface area contributed by atoms with Crippen LogP contribution >= 0.6 is 15.9 Å². The van der Waals surface area contributed by atoms with Crippen LogP contribution in [0.5, 0.6) is 0 Å². The highest BCUT2D eigenvalue weighted by molar-refractivity contribution is 9.10. The maximum atomic E-state index is 10.8. The standard InChI is InChI=1S/C12H13BrN4O3/c1-8-15-11(16-20-8)5-6-14-7-9-3-2-4-10(12(9)13)17(18)19/h2-4,14H,5-7H2,1H3. The number of nitro groups is 1. The molecule has 0 aliphatic carbocycles. The van der Waals surface area contributed by atoms with Crippen LogP contribution < -0.4 is 5.32 Å². The van der Waals surface area contributed by atoms with Gasteiger partial charge in [-0.3, -0.25) is 10.1 Å². The van der Waals surface area contributed by atoms with E-state index in [2.05, 4.69) is 31.4 Å². The number of aromatic nitrogens is 2. The van der Waals surface area contributed by atoms with E-state index in [0.717, 1.165) is 5.56 Å². The number of halogens is 1. The van der Waals surface area contributed by atoms with Crippen LogP contribution in [0.4, 0.5) is 5.69 Å². The third kappa shape index (κ3) is 3.61. The van der Waals surface area contributed by atoms with Crippen molar-refractivity contribution in [2.45, 2.75) is 19.9 Å². The van der Waals surface area contributed by atoms with E-state index in [1.54, 1.807) is 13.0 Å². The summed E-state index contributed by atoms with van der Waals surface area (Å²) in [5, 5.41) is 17.8. The minimum atomic E-state index is -0.407. The van der Waals surface area contributed by atoms with Crippen molar-refractivity contribution in [1.82, 2.24) is 15.5 Å². The second-order valence-electron chi connectivity index (χ2n) is 4.16. The number of nitrogens with one attached hydrogen (secondary N) is 1. The van der Waals surface area contributed by atoms with E-state index >= 15 is 0 Å². The van der Waals surface area contributed by atoms with Crippen LogP contribution in [0.3, 0.4) is 0 Å². The normalized spacial score (nSPS) is 10.7.